The van der Waals surface area contributed by atoms with Gasteiger partial charge in [0.25, 0.3) is 5.56 Å². The predicted octanol–water partition coefficient (Wildman–Crippen LogP) is 1.21. The van der Waals surface area contributed by atoms with E-state index in [0.29, 0.717) is 18.1 Å². The lowest BCUT2D eigenvalue weighted by molar-refractivity contribution is 0.249. The van der Waals surface area contributed by atoms with E-state index in [1.165, 1.54) is 0 Å². The number of hydrogen-bond acceptors (Lipinski definition) is 4. The largest absolute Gasteiger partial charge is 0.396 e. The van der Waals surface area contributed by atoms with Crippen LogP contribution in [0.4, 0.5) is 0 Å². The number of likely N-dealkylation sites (tertiary alicyclic amines) is 1. The Morgan fingerprint density at radius 3 is 3.10 bits per heavy atom. The van der Waals surface area contributed by atoms with Crippen molar-refractivity contribution in [2.24, 2.45) is 5.92 Å². The molecule has 0 saturated carbocycles. The summed E-state index contributed by atoms with van der Waals surface area (Å²) < 4.78 is 1.58. The van der Waals surface area contributed by atoms with E-state index in [0.717, 1.165) is 37.2 Å². The molecule has 1 aliphatic rings. The highest BCUT2D eigenvalue weighted by Crippen LogP contribution is 2.20. The second-order valence-corrected chi connectivity index (χ2v) is 5.92. The number of rotatable bonds is 4. The topological polar surface area (TPSA) is 57.8 Å². The van der Waals surface area contributed by atoms with Gasteiger partial charge in [0.05, 0.1) is 5.69 Å². The molecule has 2 aromatic heterocycles. The van der Waals surface area contributed by atoms with Gasteiger partial charge in [0.2, 0.25) is 0 Å². The molecule has 2 aromatic rings. The Morgan fingerprint density at radius 2 is 2.29 bits per heavy atom. The third-order valence-electron chi connectivity index (χ3n) is 4.17. The third-order valence-corrected chi connectivity index (χ3v) is 4.17. The maximum atomic E-state index is 12.1. The summed E-state index contributed by atoms with van der Waals surface area (Å²) in [7, 11) is 0. The quantitative estimate of drug-likeness (QED) is 0.918. The molecule has 1 saturated heterocycles. The maximum Gasteiger partial charge on any atom is 0.258 e. The van der Waals surface area contributed by atoms with Crippen LogP contribution in [-0.4, -0.2) is 39.1 Å². The van der Waals surface area contributed by atoms with Crippen molar-refractivity contribution >= 4 is 5.65 Å². The monoisotopic (exact) mass is 287 g/mol. The van der Waals surface area contributed by atoms with Crippen molar-refractivity contribution in [3.63, 3.8) is 0 Å². The number of aliphatic hydroxyl groups excluding tert-OH is 1. The minimum atomic E-state index is -0.0268. The fourth-order valence-electron chi connectivity index (χ4n) is 3.04. The van der Waals surface area contributed by atoms with Gasteiger partial charge >= 0.3 is 0 Å². The Bertz CT molecular complexity index is 695. The van der Waals surface area contributed by atoms with E-state index < -0.39 is 0 Å². The second-order valence-electron chi connectivity index (χ2n) is 5.92. The highest BCUT2D eigenvalue weighted by Gasteiger charge is 2.22. The van der Waals surface area contributed by atoms with E-state index in [1.54, 1.807) is 16.7 Å². The molecule has 21 heavy (non-hydrogen) atoms. The van der Waals surface area contributed by atoms with E-state index in [9.17, 15) is 4.79 Å². The van der Waals surface area contributed by atoms with Crippen LogP contribution in [-0.2, 0) is 6.54 Å². The van der Waals surface area contributed by atoms with Crippen molar-refractivity contribution < 1.29 is 5.11 Å². The summed E-state index contributed by atoms with van der Waals surface area (Å²) in [5.41, 5.74) is 2.61. The highest BCUT2D eigenvalue weighted by atomic mass is 16.3. The zero-order chi connectivity index (χ0) is 14.8. The van der Waals surface area contributed by atoms with Crippen molar-refractivity contribution in [3.05, 3.63) is 46.0 Å². The fraction of sp³-hybridized carbons (Fsp3) is 0.500. The van der Waals surface area contributed by atoms with Gasteiger partial charge in [0.1, 0.15) is 5.65 Å². The van der Waals surface area contributed by atoms with Gasteiger partial charge in [-0.05, 0) is 49.9 Å². The summed E-state index contributed by atoms with van der Waals surface area (Å²) in [6, 6.07) is 5.47. The van der Waals surface area contributed by atoms with Crippen molar-refractivity contribution in [2.45, 2.75) is 26.3 Å². The Morgan fingerprint density at radius 1 is 1.43 bits per heavy atom. The van der Waals surface area contributed by atoms with E-state index in [1.807, 2.05) is 19.1 Å². The Labute approximate surface area is 123 Å². The molecule has 1 unspecified atom stereocenters. The van der Waals surface area contributed by atoms with Gasteiger partial charge in [-0.2, -0.15) is 0 Å². The Kier molecular flexibility index (Phi) is 4.03. The number of pyridine rings is 1. The molecule has 1 atom stereocenters. The molecule has 0 spiro atoms. The minimum Gasteiger partial charge on any atom is -0.396 e. The van der Waals surface area contributed by atoms with Crippen LogP contribution < -0.4 is 5.56 Å². The molecule has 0 aliphatic carbocycles. The first-order valence-corrected chi connectivity index (χ1v) is 7.48. The van der Waals surface area contributed by atoms with Gasteiger partial charge in [0, 0.05) is 32.0 Å². The lowest BCUT2D eigenvalue weighted by Crippen LogP contribution is -2.23. The summed E-state index contributed by atoms with van der Waals surface area (Å²) in [5.74, 6) is 0.568. The van der Waals surface area contributed by atoms with Gasteiger partial charge in [0.15, 0.2) is 0 Å². The van der Waals surface area contributed by atoms with Crippen LogP contribution in [0.15, 0.2) is 29.2 Å². The molecular weight excluding hydrogens is 266 g/mol. The first-order valence-electron chi connectivity index (χ1n) is 7.48. The van der Waals surface area contributed by atoms with Crippen LogP contribution in [0.3, 0.4) is 0 Å². The maximum absolute atomic E-state index is 12.1. The van der Waals surface area contributed by atoms with E-state index >= 15 is 0 Å². The van der Waals surface area contributed by atoms with Gasteiger partial charge in [-0.15, -0.1) is 0 Å². The standard InChI is InChI=1S/C16H21N3O2/c1-12-2-6-19-15(8-12)17-14(9-16(19)21)11-18-5-3-13(10-18)4-7-20/h2,6,8-9,13,20H,3-5,7,10-11H2,1H3. The smallest absolute Gasteiger partial charge is 0.258 e. The molecular formula is C16H21N3O2. The van der Waals surface area contributed by atoms with Crippen molar-refractivity contribution in [1.82, 2.24) is 14.3 Å². The Hall–Kier alpha value is -1.72. The third kappa shape index (κ3) is 3.14. The first kappa shape index (κ1) is 14.2. The molecule has 1 N–H and O–H groups in total. The molecule has 0 aromatic carbocycles. The molecule has 112 valence electrons. The molecule has 1 fully saturated rings. The number of hydrogen-bond donors (Lipinski definition) is 1. The average Bonchev–Trinajstić information content (AvgIpc) is 2.86. The minimum absolute atomic E-state index is 0.0268. The second kappa shape index (κ2) is 5.95. The number of fused-ring (bicyclic) bond motifs is 1. The summed E-state index contributed by atoms with van der Waals surface area (Å²) in [6.45, 7) is 4.96. The highest BCUT2D eigenvalue weighted by molar-refractivity contribution is 5.41. The van der Waals surface area contributed by atoms with Gasteiger partial charge in [-0.25, -0.2) is 4.98 Å². The normalized spacial score (nSPS) is 19.4. The Balaban J connectivity index is 1.80. The predicted molar refractivity (Wildman–Crippen MR) is 81.3 cm³/mol. The molecule has 1 aliphatic heterocycles. The molecule has 5 heteroatoms. The lowest BCUT2D eigenvalue weighted by Gasteiger charge is -2.15. The van der Waals surface area contributed by atoms with E-state index in [-0.39, 0.29) is 12.2 Å². The van der Waals surface area contributed by atoms with Crippen LogP contribution >= 0.6 is 0 Å². The summed E-state index contributed by atoms with van der Waals surface area (Å²) in [5, 5.41) is 9.01. The molecule has 0 amide bonds. The van der Waals surface area contributed by atoms with E-state index in [4.69, 9.17) is 5.11 Å². The molecule has 3 heterocycles. The average molecular weight is 287 g/mol. The van der Waals surface area contributed by atoms with Crippen molar-refractivity contribution in [1.29, 1.82) is 0 Å². The summed E-state index contributed by atoms with van der Waals surface area (Å²) in [4.78, 5) is 19.0. The number of aromatic nitrogens is 2. The first-order chi connectivity index (χ1) is 10.2. The van der Waals surface area contributed by atoms with Crippen molar-refractivity contribution in [2.75, 3.05) is 19.7 Å². The summed E-state index contributed by atoms with van der Waals surface area (Å²) >= 11 is 0. The number of nitrogens with zero attached hydrogens (tertiary/aromatic N) is 3. The SMILES string of the molecule is Cc1ccn2c(=O)cc(CN3CCC(CCO)C3)nc2c1. The van der Waals surface area contributed by atoms with Gasteiger partial charge in [-0.3, -0.25) is 14.1 Å². The summed E-state index contributed by atoms with van der Waals surface area (Å²) in [6.07, 6.45) is 3.76. The van der Waals surface area contributed by atoms with Gasteiger partial charge < -0.3 is 5.11 Å². The zero-order valence-electron chi connectivity index (χ0n) is 12.3. The van der Waals surface area contributed by atoms with E-state index in [2.05, 4.69) is 9.88 Å². The lowest BCUT2D eigenvalue weighted by atomic mass is 10.1. The fourth-order valence-corrected chi connectivity index (χ4v) is 3.04. The van der Waals surface area contributed by atoms with Crippen LogP contribution in [0.2, 0.25) is 0 Å². The van der Waals surface area contributed by atoms with Crippen LogP contribution in [0, 0.1) is 12.8 Å². The van der Waals surface area contributed by atoms with Crippen LogP contribution in [0.5, 0.6) is 0 Å². The number of aryl methyl sites for hydroxylation is 1. The molecule has 3 rings (SSSR count). The van der Waals surface area contributed by atoms with Crippen LogP contribution in [0.1, 0.15) is 24.1 Å². The molecule has 5 nitrogen and oxygen atoms in total. The van der Waals surface area contributed by atoms with Crippen LogP contribution in [0.25, 0.3) is 5.65 Å². The zero-order valence-corrected chi connectivity index (χ0v) is 12.3. The molecule has 0 bridgehead atoms. The van der Waals surface area contributed by atoms with Crippen molar-refractivity contribution in [3.8, 4) is 0 Å². The number of aliphatic hydroxyl groups is 1. The molecule has 0 radical (unpaired) electrons. The van der Waals surface area contributed by atoms with Gasteiger partial charge in [-0.1, -0.05) is 0 Å².